The highest BCUT2D eigenvalue weighted by Gasteiger charge is 2.29. The maximum absolute atomic E-state index is 10.1. The van der Waals surface area contributed by atoms with E-state index >= 15 is 0 Å². The van der Waals surface area contributed by atoms with Crippen molar-refractivity contribution >= 4 is 8.32 Å². The standard InChI is InChI=1S/C14H24O2Si/c1-4-17(5-2,6-3)16-12-14(15)13-10-8-7-9-11-13/h7-11,14-15H,4-6,12H2,1-3H3. The average Bonchev–Trinajstić information content (AvgIpc) is 2.41. The highest BCUT2D eigenvalue weighted by atomic mass is 28.4. The second kappa shape index (κ2) is 6.94. The monoisotopic (exact) mass is 252 g/mol. The fourth-order valence-electron chi connectivity index (χ4n) is 2.08. The Balaban J connectivity index is 2.55. The molecule has 0 aliphatic rings. The van der Waals surface area contributed by atoms with Crippen molar-refractivity contribution in [2.45, 2.75) is 45.0 Å². The van der Waals surface area contributed by atoms with Crippen LogP contribution in [0.1, 0.15) is 32.4 Å². The SMILES string of the molecule is CC[Si](CC)(CC)OCC(O)c1ccccc1. The summed E-state index contributed by atoms with van der Waals surface area (Å²) in [6.45, 7) is 7.04. The summed E-state index contributed by atoms with van der Waals surface area (Å²) in [5.41, 5.74) is 0.943. The van der Waals surface area contributed by atoms with Crippen LogP contribution in [0.4, 0.5) is 0 Å². The van der Waals surface area contributed by atoms with Crippen molar-refractivity contribution < 1.29 is 9.53 Å². The van der Waals surface area contributed by atoms with Gasteiger partial charge in [0.05, 0.1) is 6.61 Å². The second-order valence-corrected chi connectivity index (χ2v) is 9.26. The van der Waals surface area contributed by atoms with E-state index in [1.807, 2.05) is 30.3 Å². The van der Waals surface area contributed by atoms with Crippen LogP contribution >= 0.6 is 0 Å². The molecule has 1 N–H and O–H groups in total. The highest BCUT2D eigenvalue weighted by Crippen LogP contribution is 2.24. The number of benzene rings is 1. The van der Waals surface area contributed by atoms with Gasteiger partial charge in [0.15, 0.2) is 8.32 Å². The summed E-state index contributed by atoms with van der Waals surface area (Å²) in [6.07, 6.45) is -0.493. The van der Waals surface area contributed by atoms with Gasteiger partial charge in [-0.2, -0.15) is 0 Å². The molecule has 17 heavy (non-hydrogen) atoms. The Bertz CT molecular complexity index is 301. The molecular formula is C14H24O2Si. The van der Waals surface area contributed by atoms with Crippen LogP contribution in [0.2, 0.25) is 18.1 Å². The highest BCUT2D eigenvalue weighted by molar-refractivity contribution is 6.73. The molecule has 3 heteroatoms. The third kappa shape index (κ3) is 3.94. The Labute approximate surface area is 106 Å². The van der Waals surface area contributed by atoms with Gasteiger partial charge in [0.25, 0.3) is 0 Å². The molecule has 0 amide bonds. The zero-order valence-corrected chi connectivity index (χ0v) is 12.1. The van der Waals surface area contributed by atoms with Crippen LogP contribution in [0.3, 0.4) is 0 Å². The summed E-state index contributed by atoms with van der Waals surface area (Å²) in [6, 6.07) is 13.1. The topological polar surface area (TPSA) is 29.5 Å². The van der Waals surface area contributed by atoms with Crippen molar-refractivity contribution in [2.75, 3.05) is 6.61 Å². The molecule has 0 radical (unpaired) electrons. The first-order chi connectivity index (χ1) is 8.17. The van der Waals surface area contributed by atoms with Crippen LogP contribution in [0.5, 0.6) is 0 Å². The van der Waals surface area contributed by atoms with Gasteiger partial charge in [0.2, 0.25) is 0 Å². The van der Waals surface area contributed by atoms with Crippen LogP contribution in [-0.2, 0) is 4.43 Å². The van der Waals surface area contributed by atoms with Crippen molar-refractivity contribution in [1.29, 1.82) is 0 Å². The van der Waals surface area contributed by atoms with Gasteiger partial charge < -0.3 is 9.53 Å². The quantitative estimate of drug-likeness (QED) is 0.749. The Hall–Kier alpha value is -0.643. The van der Waals surface area contributed by atoms with Crippen molar-refractivity contribution in [3.63, 3.8) is 0 Å². The lowest BCUT2D eigenvalue weighted by atomic mass is 10.1. The molecule has 1 unspecified atom stereocenters. The minimum atomic E-state index is -1.57. The van der Waals surface area contributed by atoms with Gasteiger partial charge in [-0.25, -0.2) is 0 Å². The summed E-state index contributed by atoms with van der Waals surface area (Å²) in [7, 11) is -1.57. The van der Waals surface area contributed by atoms with Gasteiger partial charge in [-0.1, -0.05) is 51.1 Å². The summed E-state index contributed by atoms with van der Waals surface area (Å²) in [5.74, 6) is 0. The summed E-state index contributed by atoms with van der Waals surface area (Å²) < 4.78 is 6.08. The Kier molecular flexibility index (Phi) is 5.89. The first-order valence-electron chi connectivity index (χ1n) is 6.54. The molecule has 0 saturated heterocycles. The molecule has 2 nitrogen and oxygen atoms in total. The molecule has 0 saturated carbocycles. The van der Waals surface area contributed by atoms with Gasteiger partial charge in [0, 0.05) is 0 Å². The van der Waals surface area contributed by atoms with Crippen LogP contribution in [0.15, 0.2) is 30.3 Å². The van der Waals surface area contributed by atoms with Crippen molar-refractivity contribution in [1.82, 2.24) is 0 Å². The van der Waals surface area contributed by atoms with Crippen molar-refractivity contribution in [3.05, 3.63) is 35.9 Å². The predicted octanol–water partition coefficient (Wildman–Crippen LogP) is 3.74. The normalized spacial score (nSPS) is 13.6. The first kappa shape index (κ1) is 14.4. The Morgan fingerprint density at radius 3 is 2.06 bits per heavy atom. The average molecular weight is 252 g/mol. The zero-order valence-electron chi connectivity index (χ0n) is 11.1. The lowest BCUT2D eigenvalue weighted by Gasteiger charge is -2.29. The molecule has 0 spiro atoms. The fraction of sp³-hybridized carbons (Fsp3) is 0.571. The number of aliphatic hydroxyl groups excluding tert-OH is 1. The number of rotatable bonds is 7. The van der Waals surface area contributed by atoms with Crippen molar-refractivity contribution in [3.8, 4) is 0 Å². The maximum Gasteiger partial charge on any atom is 0.192 e. The predicted molar refractivity (Wildman–Crippen MR) is 74.6 cm³/mol. The van der Waals surface area contributed by atoms with Crippen LogP contribution < -0.4 is 0 Å². The van der Waals surface area contributed by atoms with E-state index in [4.69, 9.17) is 4.43 Å². The molecular weight excluding hydrogens is 228 g/mol. The number of hydrogen-bond donors (Lipinski definition) is 1. The fourth-order valence-corrected chi connectivity index (χ4v) is 4.71. The van der Waals surface area contributed by atoms with Gasteiger partial charge >= 0.3 is 0 Å². The third-order valence-corrected chi connectivity index (χ3v) is 8.31. The molecule has 0 aromatic heterocycles. The van der Waals surface area contributed by atoms with Crippen LogP contribution in [0.25, 0.3) is 0 Å². The van der Waals surface area contributed by atoms with Crippen molar-refractivity contribution in [2.24, 2.45) is 0 Å². The molecule has 0 bridgehead atoms. The largest absolute Gasteiger partial charge is 0.414 e. The summed E-state index contributed by atoms with van der Waals surface area (Å²) in [4.78, 5) is 0. The number of hydrogen-bond acceptors (Lipinski definition) is 2. The molecule has 0 fully saturated rings. The van der Waals surface area contributed by atoms with Gasteiger partial charge in [0.1, 0.15) is 6.10 Å². The molecule has 1 atom stereocenters. The summed E-state index contributed by atoms with van der Waals surface area (Å²) in [5, 5.41) is 10.1. The molecule has 0 heterocycles. The van der Waals surface area contributed by atoms with Crippen LogP contribution in [0, 0.1) is 0 Å². The maximum atomic E-state index is 10.1. The smallest absolute Gasteiger partial charge is 0.192 e. The van der Waals surface area contributed by atoms with Gasteiger partial charge in [-0.3, -0.25) is 0 Å². The van der Waals surface area contributed by atoms with E-state index in [1.54, 1.807) is 0 Å². The van der Waals surface area contributed by atoms with E-state index < -0.39 is 14.4 Å². The van der Waals surface area contributed by atoms with E-state index in [2.05, 4.69) is 20.8 Å². The minimum absolute atomic E-state index is 0.436. The van der Waals surface area contributed by atoms with Gasteiger partial charge in [-0.15, -0.1) is 0 Å². The van der Waals surface area contributed by atoms with Gasteiger partial charge in [-0.05, 0) is 23.7 Å². The molecule has 1 aromatic carbocycles. The van der Waals surface area contributed by atoms with E-state index in [-0.39, 0.29) is 0 Å². The zero-order chi connectivity index (χ0) is 12.7. The second-order valence-electron chi connectivity index (χ2n) is 4.48. The third-order valence-electron chi connectivity index (χ3n) is 3.66. The van der Waals surface area contributed by atoms with E-state index in [1.165, 1.54) is 0 Å². The molecule has 0 aliphatic heterocycles. The molecule has 0 aliphatic carbocycles. The van der Waals surface area contributed by atoms with E-state index in [9.17, 15) is 5.11 Å². The lowest BCUT2D eigenvalue weighted by molar-refractivity contribution is 0.102. The Morgan fingerprint density at radius 1 is 1.06 bits per heavy atom. The Morgan fingerprint density at radius 2 is 1.59 bits per heavy atom. The van der Waals surface area contributed by atoms with Crippen LogP contribution in [-0.4, -0.2) is 20.0 Å². The first-order valence-corrected chi connectivity index (χ1v) is 9.07. The molecule has 1 aromatic rings. The summed E-state index contributed by atoms with van der Waals surface area (Å²) >= 11 is 0. The van der Waals surface area contributed by atoms with E-state index in [0.29, 0.717) is 6.61 Å². The lowest BCUT2D eigenvalue weighted by Crippen LogP contribution is -2.37. The number of aliphatic hydroxyl groups is 1. The molecule has 96 valence electrons. The van der Waals surface area contributed by atoms with E-state index in [0.717, 1.165) is 23.7 Å². The minimum Gasteiger partial charge on any atom is -0.414 e. The molecule has 1 rings (SSSR count).